The molecule has 3 N–H and O–H groups in total. The maximum Gasteiger partial charge on any atom is 0.407 e. The lowest BCUT2D eigenvalue weighted by Gasteiger charge is -2.31. The molecule has 1 aromatic heterocycles. The Kier molecular flexibility index (Phi) is 7.60. The van der Waals surface area contributed by atoms with Crippen molar-refractivity contribution in [3.05, 3.63) is 35.4 Å². The standard InChI is InChI=1S/C22H24F3N7O/c1-33-20-18(16(11-27)12-29-13-22(23,24)25)19(15-4-2-14(10-26)3-5-15)30-21(31-20)32-8-6-17(28)7-9-32/h2-5,11-12,16-17,27H,6-9,13,28H2,1H3. The first-order valence-electron chi connectivity index (χ1n) is 10.3. The number of halogens is 3. The predicted octanol–water partition coefficient (Wildman–Crippen LogP) is 3.32. The highest BCUT2D eigenvalue weighted by molar-refractivity contribution is 5.92. The lowest BCUT2D eigenvalue weighted by atomic mass is 9.96. The van der Waals surface area contributed by atoms with Crippen LogP contribution in [0.15, 0.2) is 29.3 Å². The van der Waals surface area contributed by atoms with Crippen molar-refractivity contribution < 1.29 is 17.9 Å². The summed E-state index contributed by atoms with van der Waals surface area (Å²) in [5, 5.41) is 16.9. The number of nitrogens with one attached hydrogen (secondary N) is 1. The van der Waals surface area contributed by atoms with E-state index in [0.29, 0.717) is 41.4 Å². The molecule has 0 amide bonds. The van der Waals surface area contributed by atoms with Gasteiger partial charge in [0.2, 0.25) is 11.8 Å². The summed E-state index contributed by atoms with van der Waals surface area (Å²) in [6, 6.07) is 8.76. The quantitative estimate of drug-likeness (QED) is 0.612. The Morgan fingerprint density at radius 2 is 1.97 bits per heavy atom. The first-order chi connectivity index (χ1) is 15.8. The van der Waals surface area contributed by atoms with E-state index in [9.17, 15) is 13.2 Å². The van der Waals surface area contributed by atoms with Gasteiger partial charge in [0, 0.05) is 37.1 Å². The van der Waals surface area contributed by atoms with Crippen LogP contribution in [-0.4, -0.2) is 61.4 Å². The van der Waals surface area contributed by atoms with E-state index in [4.69, 9.17) is 26.1 Å². The number of rotatable bonds is 7. The molecule has 2 heterocycles. The van der Waals surface area contributed by atoms with E-state index in [1.807, 2.05) is 11.0 Å². The SMILES string of the molecule is COc1nc(N2CCC(N)CC2)nc(-c2ccc(C#N)cc2)c1C(C=N)C=NCC(F)(F)F. The minimum absolute atomic E-state index is 0.104. The first-order valence-corrected chi connectivity index (χ1v) is 10.3. The van der Waals surface area contributed by atoms with Gasteiger partial charge in [0.1, 0.15) is 6.54 Å². The van der Waals surface area contributed by atoms with Crippen molar-refractivity contribution in [3.8, 4) is 23.2 Å². The second-order valence-electron chi connectivity index (χ2n) is 7.61. The van der Waals surface area contributed by atoms with Gasteiger partial charge in [-0.15, -0.1) is 0 Å². The molecular formula is C22H24F3N7O. The number of nitrogens with zero attached hydrogens (tertiary/aromatic N) is 5. The molecule has 1 aromatic carbocycles. The number of aromatic nitrogens is 2. The minimum atomic E-state index is -4.46. The summed E-state index contributed by atoms with van der Waals surface area (Å²) < 4.78 is 43.3. The topological polar surface area (TPSA) is 124 Å². The highest BCUT2D eigenvalue weighted by Gasteiger charge is 2.28. The van der Waals surface area contributed by atoms with Gasteiger partial charge in [0.25, 0.3) is 0 Å². The van der Waals surface area contributed by atoms with Crippen LogP contribution in [0.2, 0.25) is 0 Å². The largest absolute Gasteiger partial charge is 0.481 e. The maximum absolute atomic E-state index is 12.6. The van der Waals surface area contributed by atoms with Gasteiger partial charge in [0.05, 0.1) is 35.9 Å². The van der Waals surface area contributed by atoms with Gasteiger partial charge in [-0.25, -0.2) is 4.98 Å². The van der Waals surface area contributed by atoms with Crippen LogP contribution < -0.4 is 15.4 Å². The summed E-state index contributed by atoms with van der Waals surface area (Å²) in [5.41, 5.74) is 7.77. The van der Waals surface area contributed by atoms with Crippen molar-refractivity contribution in [2.24, 2.45) is 10.7 Å². The Labute approximate surface area is 189 Å². The van der Waals surface area contributed by atoms with Crippen molar-refractivity contribution in [3.63, 3.8) is 0 Å². The zero-order chi connectivity index (χ0) is 24.0. The normalized spacial score (nSPS) is 15.9. The Morgan fingerprint density at radius 3 is 2.52 bits per heavy atom. The van der Waals surface area contributed by atoms with E-state index in [-0.39, 0.29) is 11.9 Å². The Bertz CT molecular complexity index is 1040. The fourth-order valence-electron chi connectivity index (χ4n) is 3.53. The van der Waals surface area contributed by atoms with E-state index in [1.165, 1.54) is 7.11 Å². The number of piperidine rings is 1. The van der Waals surface area contributed by atoms with E-state index in [0.717, 1.165) is 25.3 Å². The minimum Gasteiger partial charge on any atom is -0.481 e. The number of ether oxygens (including phenoxy) is 1. The number of hydrogen-bond donors (Lipinski definition) is 2. The third-order valence-corrected chi connectivity index (χ3v) is 5.25. The second kappa shape index (κ2) is 10.4. The molecule has 0 bridgehead atoms. The molecule has 1 aliphatic heterocycles. The first kappa shape index (κ1) is 24.1. The van der Waals surface area contributed by atoms with Gasteiger partial charge in [-0.1, -0.05) is 12.1 Å². The predicted molar refractivity (Wildman–Crippen MR) is 119 cm³/mol. The lowest BCUT2D eigenvalue weighted by molar-refractivity contribution is -0.118. The Morgan fingerprint density at radius 1 is 1.30 bits per heavy atom. The number of alkyl halides is 3. The molecule has 1 aliphatic rings. The molecule has 0 aliphatic carbocycles. The molecule has 0 radical (unpaired) electrons. The third-order valence-electron chi connectivity index (χ3n) is 5.25. The number of hydrogen-bond acceptors (Lipinski definition) is 8. The summed E-state index contributed by atoms with van der Waals surface area (Å²) in [6.07, 6.45) is -0.902. The van der Waals surface area contributed by atoms with Gasteiger partial charge in [0.15, 0.2) is 0 Å². The Hall–Kier alpha value is -3.52. The van der Waals surface area contributed by atoms with Crippen molar-refractivity contribution >= 4 is 18.4 Å². The van der Waals surface area contributed by atoms with Crippen molar-refractivity contribution in [2.45, 2.75) is 31.0 Å². The fraction of sp³-hybridized carbons (Fsp3) is 0.409. The summed E-state index contributed by atoms with van der Waals surface area (Å²) in [5.74, 6) is -0.407. The molecule has 1 saturated heterocycles. The van der Waals surface area contributed by atoms with Crippen LogP contribution in [0, 0.1) is 16.7 Å². The third kappa shape index (κ3) is 6.04. The van der Waals surface area contributed by atoms with E-state index >= 15 is 0 Å². The molecule has 2 aromatic rings. The lowest BCUT2D eigenvalue weighted by Crippen LogP contribution is -2.40. The van der Waals surface area contributed by atoms with Gasteiger partial charge in [-0.05, 0) is 25.0 Å². The van der Waals surface area contributed by atoms with Crippen LogP contribution in [0.4, 0.5) is 19.1 Å². The molecule has 174 valence electrons. The van der Waals surface area contributed by atoms with Crippen LogP contribution in [0.25, 0.3) is 11.3 Å². The maximum atomic E-state index is 12.6. The highest BCUT2D eigenvalue weighted by Crippen LogP contribution is 2.35. The zero-order valence-electron chi connectivity index (χ0n) is 18.0. The zero-order valence-corrected chi connectivity index (χ0v) is 18.0. The second-order valence-corrected chi connectivity index (χ2v) is 7.61. The number of aliphatic imine (C=N–C) groups is 1. The number of anilines is 1. The van der Waals surface area contributed by atoms with Crippen LogP contribution in [0.1, 0.15) is 29.9 Å². The average molecular weight is 459 g/mol. The number of nitrogens with two attached hydrogens (primary N) is 1. The van der Waals surface area contributed by atoms with E-state index in [2.05, 4.69) is 9.98 Å². The molecule has 0 saturated carbocycles. The molecule has 3 rings (SSSR count). The molecule has 0 spiro atoms. The fourth-order valence-corrected chi connectivity index (χ4v) is 3.53. The average Bonchev–Trinajstić information content (AvgIpc) is 2.81. The molecule has 11 heteroatoms. The van der Waals surface area contributed by atoms with Crippen molar-refractivity contribution in [1.29, 1.82) is 10.7 Å². The van der Waals surface area contributed by atoms with Gasteiger partial charge < -0.3 is 20.8 Å². The number of nitriles is 1. The van der Waals surface area contributed by atoms with Crippen molar-refractivity contribution in [1.82, 2.24) is 9.97 Å². The van der Waals surface area contributed by atoms with Gasteiger partial charge in [-0.3, -0.25) is 4.99 Å². The van der Waals surface area contributed by atoms with Crippen LogP contribution in [0.5, 0.6) is 5.88 Å². The molecule has 1 atom stereocenters. The summed E-state index contributed by atoms with van der Waals surface area (Å²) >= 11 is 0. The van der Waals surface area contributed by atoms with Crippen molar-refractivity contribution in [2.75, 3.05) is 31.6 Å². The summed E-state index contributed by atoms with van der Waals surface area (Å²) in [7, 11) is 1.40. The van der Waals surface area contributed by atoms with Gasteiger partial charge in [-0.2, -0.15) is 23.4 Å². The molecule has 33 heavy (non-hydrogen) atoms. The number of methoxy groups -OCH3 is 1. The van der Waals surface area contributed by atoms with E-state index < -0.39 is 18.6 Å². The summed E-state index contributed by atoms with van der Waals surface area (Å²) in [4.78, 5) is 14.6. The smallest absolute Gasteiger partial charge is 0.407 e. The molecule has 8 nitrogen and oxygen atoms in total. The van der Waals surface area contributed by atoms with E-state index in [1.54, 1.807) is 24.3 Å². The number of benzene rings is 1. The van der Waals surface area contributed by atoms with Gasteiger partial charge >= 0.3 is 6.18 Å². The highest BCUT2D eigenvalue weighted by atomic mass is 19.4. The molecule has 1 fully saturated rings. The molecular weight excluding hydrogens is 435 g/mol. The summed E-state index contributed by atoms with van der Waals surface area (Å²) in [6.45, 7) is -0.0616. The Balaban J connectivity index is 2.12. The van der Waals surface area contributed by atoms with Crippen LogP contribution >= 0.6 is 0 Å². The monoisotopic (exact) mass is 459 g/mol. The molecule has 1 unspecified atom stereocenters. The van der Waals surface area contributed by atoms with Crippen LogP contribution in [-0.2, 0) is 0 Å². The van der Waals surface area contributed by atoms with Crippen LogP contribution in [0.3, 0.4) is 0 Å².